The summed E-state index contributed by atoms with van der Waals surface area (Å²) in [5.41, 5.74) is 0. The number of hydrogen-bond acceptors (Lipinski definition) is 2. The second-order valence-corrected chi connectivity index (χ2v) is 3.52. The maximum Gasteiger partial charge on any atom is 0.0974 e. The molecule has 1 fully saturated rings. The molecular weight excluding hydrogens is 150 g/mol. The van der Waals surface area contributed by atoms with E-state index in [1.165, 1.54) is 25.7 Å². The lowest BCUT2D eigenvalue weighted by atomic mass is 9.93. The summed E-state index contributed by atoms with van der Waals surface area (Å²) in [6.45, 7) is 4.87. The van der Waals surface area contributed by atoms with E-state index in [1.807, 2.05) is 7.11 Å². The van der Waals surface area contributed by atoms with Crippen LogP contribution in [0.15, 0.2) is 0 Å². The molecule has 12 heavy (non-hydrogen) atoms. The molecule has 0 radical (unpaired) electrons. The zero-order valence-electron chi connectivity index (χ0n) is 8.01. The van der Waals surface area contributed by atoms with Crippen molar-refractivity contribution in [2.24, 2.45) is 0 Å². The van der Waals surface area contributed by atoms with Crippen molar-refractivity contribution in [2.45, 2.75) is 44.2 Å². The lowest BCUT2D eigenvalue weighted by Crippen LogP contribution is -2.35. The third-order valence-electron chi connectivity index (χ3n) is 2.62. The van der Waals surface area contributed by atoms with Crippen LogP contribution in [0, 0.1) is 6.92 Å². The van der Waals surface area contributed by atoms with Crippen LogP contribution in [0.2, 0.25) is 0 Å². The minimum Gasteiger partial charge on any atom is -0.381 e. The first kappa shape index (κ1) is 9.87. The highest BCUT2D eigenvalue weighted by molar-refractivity contribution is 4.77. The summed E-state index contributed by atoms with van der Waals surface area (Å²) in [4.78, 5) is 0. The van der Waals surface area contributed by atoms with Gasteiger partial charge in [0.25, 0.3) is 0 Å². The van der Waals surface area contributed by atoms with E-state index in [2.05, 4.69) is 12.2 Å². The average Bonchev–Trinajstić information content (AvgIpc) is 2.15. The molecule has 0 saturated heterocycles. The molecule has 0 atom stereocenters. The van der Waals surface area contributed by atoms with Crippen molar-refractivity contribution in [3.63, 3.8) is 0 Å². The zero-order chi connectivity index (χ0) is 8.81. The van der Waals surface area contributed by atoms with Crippen LogP contribution in [0.4, 0.5) is 0 Å². The van der Waals surface area contributed by atoms with E-state index in [-0.39, 0.29) is 0 Å². The number of hydrogen-bond donors (Lipinski definition) is 1. The molecule has 0 aromatic carbocycles. The number of nitrogens with one attached hydrogen (secondary N) is 1. The van der Waals surface area contributed by atoms with Crippen molar-refractivity contribution in [3.8, 4) is 0 Å². The molecule has 70 valence electrons. The fourth-order valence-corrected chi connectivity index (χ4v) is 1.81. The Morgan fingerprint density at radius 3 is 2.50 bits per heavy atom. The van der Waals surface area contributed by atoms with Gasteiger partial charge in [0.15, 0.2) is 0 Å². The van der Waals surface area contributed by atoms with Crippen LogP contribution >= 0.6 is 0 Å². The van der Waals surface area contributed by atoms with Crippen LogP contribution in [0.25, 0.3) is 0 Å². The zero-order valence-corrected chi connectivity index (χ0v) is 8.01. The summed E-state index contributed by atoms with van der Waals surface area (Å²) < 4.78 is 5.30. The van der Waals surface area contributed by atoms with Crippen molar-refractivity contribution in [1.29, 1.82) is 0 Å². The molecule has 1 aliphatic carbocycles. The van der Waals surface area contributed by atoms with Crippen LogP contribution in [0.3, 0.4) is 0 Å². The highest BCUT2D eigenvalue weighted by Crippen LogP contribution is 2.20. The Hall–Kier alpha value is -0.210. The lowest BCUT2D eigenvalue weighted by Gasteiger charge is -2.27. The monoisotopic (exact) mass is 170 g/mol. The van der Waals surface area contributed by atoms with Gasteiger partial charge in [-0.3, -0.25) is 0 Å². The lowest BCUT2D eigenvalue weighted by molar-refractivity contribution is 0.0627. The predicted octanol–water partition coefficient (Wildman–Crippen LogP) is 1.76. The second-order valence-electron chi connectivity index (χ2n) is 3.52. The van der Waals surface area contributed by atoms with Gasteiger partial charge in [-0.25, -0.2) is 0 Å². The van der Waals surface area contributed by atoms with Crippen LogP contribution in [-0.2, 0) is 4.74 Å². The molecule has 2 nitrogen and oxygen atoms in total. The molecule has 1 N–H and O–H groups in total. The van der Waals surface area contributed by atoms with Gasteiger partial charge in [0.2, 0.25) is 0 Å². The largest absolute Gasteiger partial charge is 0.381 e. The van der Waals surface area contributed by atoms with E-state index >= 15 is 0 Å². The minimum absolute atomic E-state index is 0.516. The maximum absolute atomic E-state index is 5.30. The molecule has 0 amide bonds. The van der Waals surface area contributed by atoms with E-state index < -0.39 is 0 Å². The van der Waals surface area contributed by atoms with Gasteiger partial charge in [-0.15, -0.1) is 0 Å². The molecule has 0 aliphatic heterocycles. The molecule has 0 heterocycles. The van der Waals surface area contributed by atoms with Crippen LogP contribution in [0.1, 0.15) is 32.1 Å². The van der Waals surface area contributed by atoms with Crippen molar-refractivity contribution in [3.05, 3.63) is 6.92 Å². The Kier molecular flexibility index (Phi) is 4.48. The summed E-state index contributed by atoms with van der Waals surface area (Å²) in [7, 11) is 1.81. The smallest absolute Gasteiger partial charge is 0.0974 e. The summed E-state index contributed by atoms with van der Waals surface area (Å²) >= 11 is 0. The van der Waals surface area contributed by atoms with E-state index in [0.29, 0.717) is 6.10 Å². The van der Waals surface area contributed by atoms with Crippen molar-refractivity contribution >= 4 is 0 Å². The molecule has 2 heteroatoms. The molecule has 1 saturated carbocycles. The SMILES string of the molecule is [CH2+]CCNC1CCC(OC)CC1. The Balaban J connectivity index is 2.09. The second kappa shape index (κ2) is 5.44. The van der Waals surface area contributed by atoms with Crippen molar-refractivity contribution < 1.29 is 4.74 Å². The standard InChI is InChI=1S/C10H20NO/c1-3-8-11-9-4-6-10(12-2)7-5-9/h9-11H,1,3-8H2,2H3/q+1. The molecule has 0 unspecified atom stereocenters. The fourth-order valence-electron chi connectivity index (χ4n) is 1.81. The van der Waals surface area contributed by atoms with E-state index in [9.17, 15) is 0 Å². The van der Waals surface area contributed by atoms with Gasteiger partial charge in [-0.05, 0) is 25.7 Å². The van der Waals surface area contributed by atoms with Crippen molar-refractivity contribution in [2.75, 3.05) is 13.7 Å². The van der Waals surface area contributed by atoms with Crippen LogP contribution in [-0.4, -0.2) is 25.8 Å². The molecule has 0 aromatic heterocycles. The first-order valence-electron chi connectivity index (χ1n) is 4.92. The molecule has 1 rings (SSSR count). The third kappa shape index (κ3) is 3.03. The Morgan fingerprint density at radius 1 is 1.33 bits per heavy atom. The number of methoxy groups -OCH3 is 1. The first-order valence-corrected chi connectivity index (χ1v) is 4.92. The van der Waals surface area contributed by atoms with Gasteiger partial charge in [0.1, 0.15) is 0 Å². The Bertz CT molecular complexity index is 108. The predicted molar refractivity (Wildman–Crippen MR) is 51.0 cm³/mol. The molecule has 0 bridgehead atoms. The topological polar surface area (TPSA) is 21.3 Å². The minimum atomic E-state index is 0.516. The van der Waals surface area contributed by atoms with E-state index in [0.717, 1.165) is 19.0 Å². The van der Waals surface area contributed by atoms with Gasteiger partial charge in [0, 0.05) is 19.7 Å². The summed E-state index contributed by atoms with van der Waals surface area (Å²) in [6.07, 6.45) is 6.46. The number of ether oxygens (including phenoxy) is 1. The van der Waals surface area contributed by atoms with E-state index in [4.69, 9.17) is 4.74 Å². The summed E-state index contributed by atoms with van der Waals surface area (Å²) in [6, 6.07) is 0.721. The van der Waals surface area contributed by atoms with Gasteiger partial charge < -0.3 is 10.1 Å². The fraction of sp³-hybridized carbons (Fsp3) is 0.900. The molecule has 0 aromatic rings. The van der Waals surface area contributed by atoms with Gasteiger partial charge >= 0.3 is 0 Å². The maximum atomic E-state index is 5.30. The first-order chi connectivity index (χ1) is 5.86. The van der Waals surface area contributed by atoms with Crippen LogP contribution < -0.4 is 5.32 Å². The number of rotatable bonds is 4. The van der Waals surface area contributed by atoms with Crippen molar-refractivity contribution in [1.82, 2.24) is 5.32 Å². The Labute approximate surface area is 75.7 Å². The van der Waals surface area contributed by atoms with Crippen LogP contribution in [0.5, 0.6) is 0 Å². The van der Waals surface area contributed by atoms with Gasteiger partial charge in [-0.1, -0.05) is 0 Å². The van der Waals surface area contributed by atoms with Gasteiger partial charge in [-0.2, -0.15) is 0 Å². The Morgan fingerprint density at radius 2 is 2.00 bits per heavy atom. The molecule has 1 aliphatic rings. The molecule has 0 spiro atoms. The highest BCUT2D eigenvalue weighted by Gasteiger charge is 2.19. The normalized spacial score (nSPS) is 30.4. The summed E-state index contributed by atoms with van der Waals surface area (Å²) in [5, 5.41) is 3.50. The highest BCUT2D eigenvalue weighted by atomic mass is 16.5. The summed E-state index contributed by atoms with van der Waals surface area (Å²) in [5.74, 6) is 0. The van der Waals surface area contributed by atoms with Gasteiger partial charge in [0.05, 0.1) is 19.4 Å². The van der Waals surface area contributed by atoms with E-state index in [1.54, 1.807) is 0 Å². The molecular formula is C10H20NO+. The quantitative estimate of drug-likeness (QED) is 0.649. The average molecular weight is 170 g/mol. The third-order valence-corrected chi connectivity index (χ3v) is 2.62.